The minimum atomic E-state index is 0.120. The fourth-order valence-corrected chi connectivity index (χ4v) is 3.57. The largest absolute Gasteiger partial charge is 0.383 e. The molecule has 0 fully saturated rings. The van der Waals surface area contributed by atoms with E-state index in [0.29, 0.717) is 13.2 Å². The highest BCUT2D eigenvalue weighted by Gasteiger charge is 2.28. The van der Waals surface area contributed by atoms with E-state index < -0.39 is 0 Å². The maximum atomic E-state index is 5.46. The van der Waals surface area contributed by atoms with Crippen LogP contribution in [0.15, 0.2) is 60.7 Å². The van der Waals surface area contributed by atoms with Gasteiger partial charge in [0.05, 0.1) is 25.3 Å². The van der Waals surface area contributed by atoms with Gasteiger partial charge in [-0.05, 0) is 24.0 Å². The topological polar surface area (TPSA) is 42.5 Å². The lowest BCUT2D eigenvalue weighted by atomic mass is 9.91. The third-order valence-corrected chi connectivity index (χ3v) is 5.20. The summed E-state index contributed by atoms with van der Waals surface area (Å²) in [4.78, 5) is 0. The number of benzene rings is 2. The molecule has 28 heavy (non-hydrogen) atoms. The van der Waals surface area contributed by atoms with Gasteiger partial charge in [-0.2, -0.15) is 0 Å². The molecule has 0 unspecified atom stereocenters. The van der Waals surface area contributed by atoms with Crippen LogP contribution >= 0.6 is 0 Å². The molecule has 0 radical (unpaired) electrons. The second kappa shape index (κ2) is 12.7. The van der Waals surface area contributed by atoms with Crippen LogP contribution in [0.1, 0.15) is 49.9 Å². The molecule has 2 rings (SSSR count). The lowest BCUT2D eigenvalue weighted by Crippen LogP contribution is -2.45. The molecule has 0 saturated carbocycles. The molecular weight excluding hydrogens is 348 g/mol. The summed E-state index contributed by atoms with van der Waals surface area (Å²) in [6.07, 6.45) is 2.02. The molecule has 4 heteroatoms. The van der Waals surface area contributed by atoms with E-state index in [2.05, 4.69) is 85.1 Å². The van der Waals surface area contributed by atoms with Crippen LogP contribution in [0.3, 0.4) is 0 Å². The maximum absolute atomic E-state index is 5.46. The molecule has 0 amide bonds. The average Bonchev–Trinajstić information content (AvgIpc) is 2.75. The number of hydrogen-bond donors (Lipinski definition) is 2. The molecule has 0 aliphatic heterocycles. The minimum absolute atomic E-state index is 0.120. The van der Waals surface area contributed by atoms with Gasteiger partial charge in [0.2, 0.25) is 0 Å². The number of methoxy groups -OCH3 is 2. The SMILES string of the molecule is CC[C@H](COC)N[C@H](c1ccccc1)[C@@H](N[C@H](CC)COC)c1ccccc1. The number of nitrogens with one attached hydrogen (secondary N) is 2. The zero-order valence-corrected chi connectivity index (χ0v) is 17.7. The van der Waals surface area contributed by atoms with Gasteiger partial charge < -0.3 is 20.1 Å². The van der Waals surface area contributed by atoms with E-state index in [1.807, 2.05) is 0 Å². The van der Waals surface area contributed by atoms with Crippen LogP contribution in [-0.2, 0) is 9.47 Å². The van der Waals surface area contributed by atoms with Gasteiger partial charge >= 0.3 is 0 Å². The Morgan fingerprint density at radius 3 is 1.29 bits per heavy atom. The van der Waals surface area contributed by atoms with E-state index >= 15 is 0 Å². The molecule has 0 aliphatic carbocycles. The van der Waals surface area contributed by atoms with Crippen LogP contribution in [0.5, 0.6) is 0 Å². The van der Waals surface area contributed by atoms with Gasteiger partial charge in [-0.25, -0.2) is 0 Å². The van der Waals surface area contributed by atoms with Crippen LogP contribution in [0.2, 0.25) is 0 Å². The molecule has 0 spiro atoms. The summed E-state index contributed by atoms with van der Waals surface area (Å²) < 4.78 is 10.9. The van der Waals surface area contributed by atoms with Crippen molar-refractivity contribution in [2.45, 2.75) is 50.9 Å². The van der Waals surface area contributed by atoms with E-state index in [1.54, 1.807) is 14.2 Å². The summed E-state index contributed by atoms with van der Waals surface area (Å²) in [6, 6.07) is 22.2. The Bertz CT molecular complexity index is 578. The third kappa shape index (κ3) is 6.71. The van der Waals surface area contributed by atoms with Crippen molar-refractivity contribution in [1.82, 2.24) is 10.6 Å². The van der Waals surface area contributed by atoms with Crippen LogP contribution < -0.4 is 10.6 Å². The first-order chi connectivity index (χ1) is 13.7. The zero-order chi connectivity index (χ0) is 20.2. The van der Waals surface area contributed by atoms with Gasteiger partial charge in [0, 0.05) is 26.3 Å². The van der Waals surface area contributed by atoms with Crippen molar-refractivity contribution in [3.05, 3.63) is 71.8 Å². The first-order valence-corrected chi connectivity index (χ1v) is 10.3. The summed E-state index contributed by atoms with van der Waals surface area (Å²) in [5.74, 6) is 0. The van der Waals surface area contributed by atoms with Crippen molar-refractivity contribution >= 4 is 0 Å². The van der Waals surface area contributed by atoms with Gasteiger partial charge in [-0.1, -0.05) is 74.5 Å². The lowest BCUT2D eigenvalue weighted by Gasteiger charge is -2.35. The smallest absolute Gasteiger partial charge is 0.0615 e. The molecule has 0 saturated heterocycles. The molecule has 2 aromatic rings. The van der Waals surface area contributed by atoms with Crippen molar-refractivity contribution in [3.8, 4) is 0 Å². The normalized spacial score (nSPS) is 15.7. The van der Waals surface area contributed by atoms with Crippen molar-refractivity contribution in [2.75, 3.05) is 27.4 Å². The Kier molecular flexibility index (Phi) is 10.2. The third-order valence-electron chi connectivity index (χ3n) is 5.20. The van der Waals surface area contributed by atoms with E-state index in [4.69, 9.17) is 9.47 Å². The van der Waals surface area contributed by atoms with E-state index in [-0.39, 0.29) is 24.2 Å². The maximum Gasteiger partial charge on any atom is 0.0615 e. The Balaban J connectivity index is 2.41. The molecule has 2 aromatic carbocycles. The van der Waals surface area contributed by atoms with E-state index in [9.17, 15) is 0 Å². The Hall–Kier alpha value is -1.72. The molecule has 0 aromatic heterocycles. The second-order valence-electron chi connectivity index (χ2n) is 7.23. The Labute approximate surface area is 170 Å². The van der Waals surface area contributed by atoms with Crippen LogP contribution in [-0.4, -0.2) is 39.5 Å². The Morgan fingerprint density at radius 2 is 1.00 bits per heavy atom. The highest BCUT2D eigenvalue weighted by molar-refractivity contribution is 5.28. The lowest BCUT2D eigenvalue weighted by molar-refractivity contribution is 0.139. The van der Waals surface area contributed by atoms with Gasteiger partial charge in [-0.3, -0.25) is 0 Å². The zero-order valence-electron chi connectivity index (χ0n) is 17.7. The Morgan fingerprint density at radius 1 is 0.643 bits per heavy atom. The summed E-state index contributed by atoms with van der Waals surface area (Å²) >= 11 is 0. The highest BCUT2D eigenvalue weighted by Crippen LogP contribution is 2.30. The summed E-state index contributed by atoms with van der Waals surface area (Å²) in [7, 11) is 3.53. The molecule has 2 N–H and O–H groups in total. The fraction of sp³-hybridized carbons (Fsp3) is 0.500. The molecule has 0 bridgehead atoms. The standard InChI is InChI=1S/C24H36N2O2/c1-5-21(17-27-3)25-23(19-13-9-7-10-14-19)24(20-15-11-8-12-16-20)26-22(6-2)18-28-4/h7-16,21-26H,5-6,17-18H2,1-4H3/t21-,22-,23-,24+/m1/s1. The molecule has 0 aliphatic rings. The summed E-state index contributed by atoms with van der Waals surface area (Å²) in [5, 5.41) is 7.73. The van der Waals surface area contributed by atoms with Crippen LogP contribution in [0.4, 0.5) is 0 Å². The van der Waals surface area contributed by atoms with E-state index in [1.165, 1.54) is 11.1 Å². The predicted octanol–water partition coefficient (Wildman–Crippen LogP) is 4.50. The van der Waals surface area contributed by atoms with Crippen LogP contribution in [0.25, 0.3) is 0 Å². The molecular formula is C24H36N2O2. The van der Waals surface area contributed by atoms with E-state index in [0.717, 1.165) is 12.8 Å². The van der Waals surface area contributed by atoms with Crippen LogP contribution in [0, 0.1) is 0 Å². The fourth-order valence-electron chi connectivity index (χ4n) is 3.57. The van der Waals surface area contributed by atoms with Gasteiger partial charge in [0.15, 0.2) is 0 Å². The van der Waals surface area contributed by atoms with Crippen molar-refractivity contribution in [2.24, 2.45) is 0 Å². The molecule has 0 heterocycles. The first-order valence-electron chi connectivity index (χ1n) is 10.3. The number of ether oxygens (including phenoxy) is 2. The van der Waals surface area contributed by atoms with Gasteiger partial charge in [0.1, 0.15) is 0 Å². The minimum Gasteiger partial charge on any atom is -0.383 e. The van der Waals surface area contributed by atoms with Crippen molar-refractivity contribution < 1.29 is 9.47 Å². The van der Waals surface area contributed by atoms with Gasteiger partial charge in [0.25, 0.3) is 0 Å². The van der Waals surface area contributed by atoms with Crippen molar-refractivity contribution in [3.63, 3.8) is 0 Å². The molecule has 4 nitrogen and oxygen atoms in total. The summed E-state index contributed by atoms with van der Waals surface area (Å²) in [5.41, 5.74) is 2.54. The second-order valence-corrected chi connectivity index (χ2v) is 7.23. The molecule has 154 valence electrons. The first kappa shape index (κ1) is 22.6. The number of rotatable bonds is 13. The average molecular weight is 385 g/mol. The quantitative estimate of drug-likeness (QED) is 0.534. The summed E-state index contributed by atoms with van der Waals surface area (Å²) in [6.45, 7) is 5.78. The molecule has 4 atom stereocenters. The predicted molar refractivity (Wildman–Crippen MR) is 117 cm³/mol. The monoisotopic (exact) mass is 384 g/mol. The van der Waals surface area contributed by atoms with Gasteiger partial charge in [-0.15, -0.1) is 0 Å². The number of hydrogen-bond acceptors (Lipinski definition) is 4. The van der Waals surface area contributed by atoms with Crippen molar-refractivity contribution in [1.29, 1.82) is 0 Å². The highest BCUT2D eigenvalue weighted by atomic mass is 16.5.